The lowest BCUT2D eigenvalue weighted by Crippen LogP contribution is -2.46. The molecule has 1 aliphatic heterocycles. The molecular formula is C15H21BrN2O2. The van der Waals surface area contributed by atoms with Crippen LogP contribution in [0.5, 0.6) is 0 Å². The van der Waals surface area contributed by atoms with Crippen LogP contribution >= 0.6 is 15.9 Å². The number of hydrogen-bond acceptors (Lipinski definition) is 3. The van der Waals surface area contributed by atoms with E-state index in [9.17, 15) is 4.79 Å². The molecule has 110 valence electrons. The number of nitrogens with one attached hydrogen (secondary N) is 1. The van der Waals surface area contributed by atoms with Crippen molar-refractivity contribution in [3.63, 3.8) is 0 Å². The zero-order valence-electron chi connectivity index (χ0n) is 11.9. The van der Waals surface area contributed by atoms with Crippen LogP contribution in [-0.2, 0) is 6.54 Å². The van der Waals surface area contributed by atoms with Crippen LogP contribution in [-0.4, -0.2) is 42.2 Å². The summed E-state index contributed by atoms with van der Waals surface area (Å²) < 4.78 is 0.852. The lowest BCUT2D eigenvalue weighted by atomic mass is 9.94. The number of hydrogen-bond donors (Lipinski definition) is 2. The molecule has 0 bridgehead atoms. The minimum Gasteiger partial charge on any atom is -0.478 e. The topological polar surface area (TPSA) is 52.6 Å². The van der Waals surface area contributed by atoms with E-state index in [4.69, 9.17) is 5.11 Å². The van der Waals surface area contributed by atoms with Gasteiger partial charge in [0.15, 0.2) is 0 Å². The molecule has 1 aliphatic rings. The largest absolute Gasteiger partial charge is 0.478 e. The third kappa shape index (κ3) is 3.81. The second-order valence-electron chi connectivity index (χ2n) is 5.63. The van der Waals surface area contributed by atoms with Crippen molar-refractivity contribution in [2.24, 2.45) is 5.92 Å². The maximum atomic E-state index is 10.9. The van der Waals surface area contributed by atoms with E-state index in [0.717, 1.165) is 36.1 Å². The van der Waals surface area contributed by atoms with Gasteiger partial charge in [-0.2, -0.15) is 0 Å². The van der Waals surface area contributed by atoms with Crippen molar-refractivity contribution in [1.29, 1.82) is 0 Å². The van der Waals surface area contributed by atoms with Crippen LogP contribution in [0.1, 0.15) is 29.3 Å². The average molecular weight is 341 g/mol. The van der Waals surface area contributed by atoms with Gasteiger partial charge >= 0.3 is 5.97 Å². The Morgan fingerprint density at radius 1 is 1.55 bits per heavy atom. The number of aromatic carboxylic acids is 1. The second-order valence-corrected chi connectivity index (χ2v) is 6.48. The monoisotopic (exact) mass is 340 g/mol. The van der Waals surface area contributed by atoms with Gasteiger partial charge in [0, 0.05) is 23.6 Å². The Bertz CT molecular complexity index is 493. The summed E-state index contributed by atoms with van der Waals surface area (Å²) in [5, 5.41) is 12.5. The summed E-state index contributed by atoms with van der Waals surface area (Å²) in [4.78, 5) is 13.3. The molecule has 0 amide bonds. The molecule has 1 heterocycles. The van der Waals surface area contributed by atoms with Gasteiger partial charge in [0.2, 0.25) is 0 Å². The summed E-state index contributed by atoms with van der Waals surface area (Å²) in [6.45, 7) is 5.28. The molecule has 0 spiro atoms. The Kier molecular flexibility index (Phi) is 5.18. The van der Waals surface area contributed by atoms with E-state index in [1.54, 1.807) is 12.1 Å². The fraction of sp³-hybridized carbons (Fsp3) is 0.533. The fourth-order valence-electron chi connectivity index (χ4n) is 2.72. The van der Waals surface area contributed by atoms with E-state index in [2.05, 4.69) is 40.1 Å². The Morgan fingerprint density at radius 2 is 2.30 bits per heavy atom. The molecule has 2 rings (SSSR count). The van der Waals surface area contributed by atoms with Crippen molar-refractivity contribution >= 4 is 21.9 Å². The van der Waals surface area contributed by atoms with Crippen molar-refractivity contribution in [3.8, 4) is 0 Å². The third-order valence-electron chi connectivity index (χ3n) is 3.96. The Morgan fingerprint density at radius 3 is 2.90 bits per heavy atom. The van der Waals surface area contributed by atoms with Gasteiger partial charge < -0.3 is 15.3 Å². The Labute approximate surface area is 128 Å². The van der Waals surface area contributed by atoms with Crippen LogP contribution in [0.4, 0.5) is 0 Å². The highest BCUT2D eigenvalue weighted by Crippen LogP contribution is 2.21. The van der Waals surface area contributed by atoms with E-state index in [-0.39, 0.29) is 0 Å². The van der Waals surface area contributed by atoms with E-state index in [1.807, 2.05) is 6.07 Å². The summed E-state index contributed by atoms with van der Waals surface area (Å²) in [5.74, 6) is -0.264. The van der Waals surface area contributed by atoms with Crippen molar-refractivity contribution < 1.29 is 9.90 Å². The van der Waals surface area contributed by atoms with Crippen LogP contribution < -0.4 is 5.32 Å². The minimum absolute atomic E-state index is 0.313. The summed E-state index contributed by atoms with van der Waals surface area (Å²) >= 11 is 3.45. The number of rotatable bonds is 4. The zero-order valence-corrected chi connectivity index (χ0v) is 13.5. The SMILES string of the molecule is CC1CN(C)CCC1NCc1ccc(C(=O)O)cc1Br. The standard InChI is InChI=1S/C15H21BrN2O2/c1-10-9-18(2)6-5-14(10)17-8-12-4-3-11(15(19)20)7-13(12)16/h3-4,7,10,14,17H,5-6,8-9H2,1-2H3,(H,19,20). The molecule has 0 aromatic heterocycles. The van der Waals surface area contributed by atoms with E-state index >= 15 is 0 Å². The molecule has 5 heteroatoms. The van der Waals surface area contributed by atoms with Gasteiger partial charge in [-0.15, -0.1) is 0 Å². The molecule has 1 aromatic carbocycles. The van der Waals surface area contributed by atoms with Crippen LogP contribution in [0.3, 0.4) is 0 Å². The number of halogens is 1. The highest BCUT2D eigenvalue weighted by molar-refractivity contribution is 9.10. The van der Waals surface area contributed by atoms with Gasteiger partial charge in [0.05, 0.1) is 5.56 Å². The number of piperidine rings is 1. The molecule has 1 saturated heterocycles. The summed E-state index contributed by atoms with van der Waals surface area (Å²) in [5.41, 5.74) is 1.41. The number of carboxylic acid groups (broad SMARTS) is 1. The van der Waals surface area contributed by atoms with Gasteiger partial charge in [-0.25, -0.2) is 4.79 Å². The molecule has 4 nitrogen and oxygen atoms in total. The zero-order chi connectivity index (χ0) is 14.7. The van der Waals surface area contributed by atoms with Crippen LogP contribution in [0, 0.1) is 5.92 Å². The smallest absolute Gasteiger partial charge is 0.335 e. The van der Waals surface area contributed by atoms with Crippen molar-refractivity contribution in [2.75, 3.05) is 20.1 Å². The van der Waals surface area contributed by atoms with Gasteiger partial charge in [0.25, 0.3) is 0 Å². The third-order valence-corrected chi connectivity index (χ3v) is 4.70. The van der Waals surface area contributed by atoms with Crippen LogP contribution in [0.25, 0.3) is 0 Å². The van der Waals surface area contributed by atoms with Crippen molar-refractivity contribution in [1.82, 2.24) is 10.2 Å². The molecule has 0 aliphatic carbocycles. The first-order valence-corrected chi connectivity index (χ1v) is 7.70. The molecule has 1 aromatic rings. The molecule has 2 atom stereocenters. The van der Waals surface area contributed by atoms with Crippen molar-refractivity contribution in [2.45, 2.75) is 25.9 Å². The summed E-state index contributed by atoms with van der Waals surface area (Å²) in [6.07, 6.45) is 1.16. The van der Waals surface area contributed by atoms with Gasteiger partial charge in [0.1, 0.15) is 0 Å². The summed E-state index contributed by atoms with van der Waals surface area (Å²) in [7, 11) is 2.16. The minimum atomic E-state index is -0.894. The molecule has 1 fully saturated rings. The maximum absolute atomic E-state index is 10.9. The van der Waals surface area contributed by atoms with Crippen LogP contribution in [0.15, 0.2) is 22.7 Å². The highest BCUT2D eigenvalue weighted by atomic mass is 79.9. The predicted octanol–water partition coefficient (Wildman–Crippen LogP) is 2.58. The molecule has 20 heavy (non-hydrogen) atoms. The molecule has 0 saturated carbocycles. The summed E-state index contributed by atoms with van der Waals surface area (Å²) in [6, 6.07) is 5.72. The average Bonchev–Trinajstić information content (AvgIpc) is 2.38. The maximum Gasteiger partial charge on any atom is 0.335 e. The van der Waals surface area contributed by atoms with E-state index < -0.39 is 5.97 Å². The van der Waals surface area contributed by atoms with Gasteiger partial charge in [-0.05, 0) is 43.6 Å². The van der Waals surface area contributed by atoms with Crippen molar-refractivity contribution in [3.05, 3.63) is 33.8 Å². The first-order valence-electron chi connectivity index (χ1n) is 6.91. The quantitative estimate of drug-likeness (QED) is 0.884. The first-order chi connectivity index (χ1) is 9.47. The predicted molar refractivity (Wildman–Crippen MR) is 83.0 cm³/mol. The second kappa shape index (κ2) is 6.70. The number of carboxylic acids is 1. The molecule has 2 N–H and O–H groups in total. The molecule has 2 unspecified atom stereocenters. The van der Waals surface area contributed by atoms with E-state index in [0.29, 0.717) is 17.5 Å². The van der Waals surface area contributed by atoms with Crippen LogP contribution in [0.2, 0.25) is 0 Å². The normalized spacial score (nSPS) is 23.8. The number of likely N-dealkylation sites (tertiary alicyclic amines) is 1. The fourth-order valence-corrected chi connectivity index (χ4v) is 3.24. The molecule has 0 radical (unpaired) electrons. The highest BCUT2D eigenvalue weighted by Gasteiger charge is 2.23. The lowest BCUT2D eigenvalue weighted by molar-refractivity contribution is 0.0697. The van der Waals surface area contributed by atoms with Gasteiger partial charge in [-0.3, -0.25) is 0 Å². The molecular weight excluding hydrogens is 320 g/mol. The first kappa shape index (κ1) is 15.5. The van der Waals surface area contributed by atoms with Gasteiger partial charge in [-0.1, -0.05) is 28.9 Å². The number of nitrogens with zero attached hydrogens (tertiary/aromatic N) is 1. The Hall–Kier alpha value is -0.910. The lowest BCUT2D eigenvalue weighted by Gasteiger charge is -2.35. The Balaban J connectivity index is 1.95. The number of benzene rings is 1. The van der Waals surface area contributed by atoms with E-state index in [1.165, 1.54) is 0 Å². The number of carbonyl (C=O) groups is 1.